The molecule has 1 aliphatic rings. The molecule has 2 N–H and O–H groups in total. The van der Waals surface area contributed by atoms with Crippen LogP contribution in [0.2, 0.25) is 0 Å². The Morgan fingerprint density at radius 3 is 2.52 bits per heavy atom. The van der Waals surface area contributed by atoms with Gasteiger partial charge < -0.3 is 25.0 Å². The van der Waals surface area contributed by atoms with Crippen LogP contribution >= 0.6 is 0 Å². The molecule has 0 saturated carbocycles. The summed E-state index contributed by atoms with van der Waals surface area (Å²) in [4.78, 5) is 14.3. The highest BCUT2D eigenvalue weighted by Gasteiger charge is 2.12. The number of morpholine rings is 1. The smallest absolute Gasteiger partial charge is 0.387 e. The summed E-state index contributed by atoms with van der Waals surface area (Å²) in [5.74, 6) is -0.0856. The minimum absolute atomic E-state index is 0.0856. The second-order valence-electron chi connectivity index (χ2n) is 5.95. The van der Waals surface area contributed by atoms with Gasteiger partial charge >= 0.3 is 12.6 Å². The molecule has 0 aliphatic carbocycles. The molecule has 2 aromatic carbocycles. The molecule has 1 fully saturated rings. The van der Waals surface area contributed by atoms with Crippen molar-refractivity contribution in [1.82, 2.24) is 5.32 Å². The maximum Gasteiger partial charge on any atom is 0.387 e. The van der Waals surface area contributed by atoms with Gasteiger partial charge in [-0.05, 0) is 29.8 Å². The number of nitrogens with zero attached hydrogens (tertiary/aromatic N) is 1. The zero-order valence-corrected chi connectivity index (χ0v) is 14.7. The second kappa shape index (κ2) is 9.18. The fourth-order valence-corrected chi connectivity index (χ4v) is 2.76. The van der Waals surface area contributed by atoms with Crippen molar-refractivity contribution in [2.75, 3.05) is 36.5 Å². The molecule has 1 aliphatic heterocycles. The van der Waals surface area contributed by atoms with Crippen LogP contribution in [0.1, 0.15) is 5.56 Å². The van der Waals surface area contributed by atoms with Gasteiger partial charge in [-0.15, -0.1) is 0 Å². The highest BCUT2D eigenvalue weighted by molar-refractivity contribution is 5.90. The van der Waals surface area contributed by atoms with Crippen LogP contribution in [-0.2, 0) is 11.3 Å². The van der Waals surface area contributed by atoms with E-state index in [-0.39, 0.29) is 11.4 Å². The zero-order valence-electron chi connectivity index (χ0n) is 14.7. The molecule has 1 saturated heterocycles. The number of hydrogen-bond acceptors (Lipinski definition) is 4. The van der Waals surface area contributed by atoms with Crippen LogP contribution < -0.4 is 20.3 Å². The third-order valence-electron chi connectivity index (χ3n) is 4.12. The number of urea groups is 1. The van der Waals surface area contributed by atoms with Crippen molar-refractivity contribution in [2.45, 2.75) is 13.2 Å². The molecule has 1 heterocycles. The molecule has 8 heteroatoms. The highest BCUT2D eigenvalue weighted by Crippen LogP contribution is 2.25. The minimum Gasteiger partial charge on any atom is -0.433 e. The summed E-state index contributed by atoms with van der Waals surface area (Å²) >= 11 is 0. The third-order valence-corrected chi connectivity index (χ3v) is 4.12. The lowest BCUT2D eigenvalue weighted by Gasteiger charge is -2.28. The number of amides is 2. The van der Waals surface area contributed by atoms with Gasteiger partial charge in [-0.1, -0.05) is 24.3 Å². The largest absolute Gasteiger partial charge is 0.433 e. The number of carbonyl (C=O) groups is 1. The minimum atomic E-state index is -2.96. The molecule has 2 aromatic rings. The first-order chi connectivity index (χ1) is 13.1. The molecule has 27 heavy (non-hydrogen) atoms. The van der Waals surface area contributed by atoms with E-state index < -0.39 is 12.6 Å². The Balaban J connectivity index is 1.52. The van der Waals surface area contributed by atoms with Crippen LogP contribution in [0.3, 0.4) is 0 Å². The lowest BCUT2D eigenvalue weighted by Crippen LogP contribution is -2.36. The van der Waals surface area contributed by atoms with Crippen LogP contribution in [0.25, 0.3) is 0 Å². The number of halogens is 2. The third kappa shape index (κ3) is 5.55. The van der Waals surface area contributed by atoms with Crippen molar-refractivity contribution in [3.8, 4) is 5.75 Å². The summed E-state index contributed by atoms with van der Waals surface area (Å²) in [6.07, 6.45) is 0. The highest BCUT2D eigenvalue weighted by atomic mass is 19.3. The Kier molecular flexibility index (Phi) is 6.43. The quantitative estimate of drug-likeness (QED) is 0.810. The summed E-state index contributed by atoms with van der Waals surface area (Å²) in [5.41, 5.74) is 2.22. The van der Waals surface area contributed by atoms with E-state index in [9.17, 15) is 13.6 Å². The van der Waals surface area contributed by atoms with Gasteiger partial charge in [0.25, 0.3) is 0 Å². The maximum atomic E-state index is 12.4. The van der Waals surface area contributed by atoms with Crippen LogP contribution in [0, 0.1) is 0 Å². The van der Waals surface area contributed by atoms with E-state index >= 15 is 0 Å². The molecule has 0 bridgehead atoms. The van der Waals surface area contributed by atoms with Crippen molar-refractivity contribution >= 4 is 17.4 Å². The molecule has 0 spiro atoms. The van der Waals surface area contributed by atoms with Crippen LogP contribution in [0.15, 0.2) is 48.5 Å². The lowest BCUT2D eigenvalue weighted by atomic mass is 10.2. The van der Waals surface area contributed by atoms with Crippen LogP contribution in [-0.4, -0.2) is 38.9 Å². The summed E-state index contributed by atoms with van der Waals surface area (Å²) in [5, 5.41) is 5.22. The van der Waals surface area contributed by atoms with Gasteiger partial charge in [0.1, 0.15) is 5.75 Å². The van der Waals surface area contributed by atoms with Gasteiger partial charge in [0.05, 0.1) is 18.9 Å². The lowest BCUT2D eigenvalue weighted by molar-refractivity contribution is -0.0493. The van der Waals surface area contributed by atoms with Crippen molar-refractivity contribution in [2.24, 2.45) is 0 Å². The van der Waals surface area contributed by atoms with E-state index in [1.165, 1.54) is 12.1 Å². The van der Waals surface area contributed by atoms with Crippen LogP contribution in [0.4, 0.5) is 25.0 Å². The number of hydrogen-bond donors (Lipinski definition) is 2. The number of rotatable bonds is 6. The van der Waals surface area contributed by atoms with Gasteiger partial charge in [-0.3, -0.25) is 0 Å². The predicted molar refractivity (Wildman–Crippen MR) is 98.4 cm³/mol. The van der Waals surface area contributed by atoms with Crippen molar-refractivity contribution in [1.29, 1.82) is 0 Å². The van der Waals surface area contributed by atoms with E-state index in [0.717, 1.165) is 37.6 Å². The maximum absolute atomic E-state index is 12.4. The molecule has 0 radical (unpaired) electrons. The van der Waals surface area contributed by atoms with E-state index in [2.05, 4.69) is 20.3 Å². The Labute approximate surface area is 156 Å². The topological polar surface area (TPSA) is 62.8 Å². The molecule has 2 amide bonds. The Morgan fingerprint density at radius 1 is 1.11 bits per heavy atom. The normalized spacial score (nSPS) is 14.1. The van der Waals surface area contributed by atoms with Gasteiger partial charge in [0.15, 0.2) is 0 Å². The first-order valence-electron chi connectivity index (χ1n) is 8.62. The number of benzene rings is 2. The number of carbonyl (C=O) groups excluding carboxylic acids is 1. The summed E-state index contributed by atoms with van der Waals surface area (Å²) < 4.78 is 34.6. The van der Waals surface area contributed by atoms with Gasteiger partial charge in [-0.2, -0.15) is 8.78 Å². The monoisotopic (exact) mass is 377 g/mol. The fourth-order valence-electron chi connectivity index (χ4n) is 2.76. The molecule has 0 atom stereocenters. The molecule has 0 unspecified atom stereocenters. The first-order valence-corrected chi connectivity index (χ1v) is 8.62. The molecular formula is C19H21F2N3O3. The molecule has 0 aromatic heterocycles. The van der Waals surface area contributed by atoms with E-state index in [4.69, 9.17) is 4.74 Å². The van der Waals surface area contributed by atoms with E-state index in [1.54, 1.807) is 12.1 Å². The first kappa shape index (κ1) is 18.9. The zero-order chi connectivity index (χ0) is 19.1. The average Bonchev–Trinajstić information content (AvgIpc) is 2.69. The van der Waals surface area contributed by atoms with Crippen molar-refractivity contribution < 1.29 is 23.0 Å². The van der Waals surface area contributed by atoms with Gasteiger partial charge in [-0.25, -0.2) is 4.79 Å². The number of anilines is 2. The summed E-state index contributed by atoms with van der Waals surface area (Å²) in [6, 6.07) is 13.4. The Morgan fingerprint density at radius 2 is 1.81 bits per heavy atom. The van der Waals surface area contributed by atoms with Crippen molar-refractivity contribution in [3.05, 3.63) is 54.1 Å². The number of para-hydroxylation sites is 2. The number of ether oxygens (including phenoxy) is 2. The summed E-state index contributed by atoms with van der Waals surface area (Å²) in [6.45, 7) is 0.522. The Bertz CT molecular complexity index is 750. The van der Waals surface area contributed by atoms with Crippen molar-refractivity contribution in [3.63, 3.8) is 0 Å². The molecule has 3 rings (SSSR count). The predicted octanol–water partition coefficient (Wildman–Crippen LogP) is 3.45. The van der Waals surface area contributed by atoms with Gasteiger partial charge in [0, 0.05) is 25.3 Å². The van der Waals surface area contributed by atoms with E-state index in [1.807, 2.05) is 24.3 Å². The van der Waals surface area contributed by atoms with E-state index in [0.29, 0.717) is 6.54 Å². The average molecular weight is 377 g/mol. The molecule has 6 nitrogen and oxygen atoms in total. The summed E-state index contributed by atoms with van der Waals surface area (Å²) in [7, 11) is 0. The molecular weight excluding hydrogens is 356 g/mol. The molecule has 144 valence electrons. The number of alkyl halides is 2. The van der Waals surface area contributed by atoms with Crippen LogP contribution in [0.5, 0.6) is 5.75 Å². The Hall–Kier alpha value is -2.87. The second-order valence-corrected chi connectivity index (χ2v) is 5.95. The standard InChI is InChI=1S/C19H21F2N3O3/c20-18(21)27-17-4-2-1-3-16(17)23-19(25)22-13-14-5-7-15(8-6-14)24-9-11-26-12-10-24/h1-8,18H,9-13H2,(H2,22,23,25). The van der Waals surface area contributed by atoms with Gasteiger partial charge in [0.2, 0.25) is 0 Å². The fraction of sp³-hybridized carbons (Fsp3) is 0.316. The number of nitrogens with one attached hydrogen (secondary N) is 2. The SMILES string of the molecule is O=C(NCc1ccc(N2CCOCC2)cc1)Nc1ccccc1OC(F)F.